The minimum atomic E-state index is -0.489. The highest BCUT2D eigenvalue weighted by molar-refractivity contribution is 5.99. The Labute approximate surface area is 160 Å². The molecule has 2 aromatic carbocycles. The van der Waals surface area contributed by atoms with Gasteiger partial charge in [-0.15, -0.1) is 0 Å². The Morgan fingerprint density at radius 1 is 1.11 bits per heavy atom. The van der Waals surface area contributed by atoms with Crippen LogP contribution in [0.15, 0.2) is 42.5 Å². The molecule has 0 amide bonds. The summed E-state index contributed by atoms with van der Waals surface area (Å²) in [5, 5.41) is 3.18. The molecule has 0 radical (unpaired) electrons. The third-order valence-corrected chi connectivity index (χ3v) is 4.77. The van der Waals surface area contributed by atoms with Gasteiger partial charge in [0.25, 0.3) is 0 Å². The molecule has 1 aliphatic rings. The van der Waals surface area contributed by atoms with Gasteiger partial charge >= 0.3 is 0 Å². The third kappa shape index (κ3) is 5.15. The van der Waals surface area contributed by atoms with E-state index in [-0.39, 0.29) is 23.6 Å². The second kappa shape index (κ2) is 8.63. The number of anilines is 1. The topological polar surface area (TPSA) is 41.6 Å². The number of hydrogen-bond acceptors (Lipinski definition) is 4. The number of nitrogens with one attached hydrogen (secondary N) is 1. The van der Waals surface area contributed by atoms with Crippen molar-refractivity contribution in [2.45, 2.75) is 46.1 Å². The lowest BCUT2D eigenvalue weighted by Crippen LogP contribution is -2.44. The van der Waals surface area contributed by atoms with Crippen LogP contribution in [0.3, 0.4) is 0 Å². The summed E-state index contributed by atoms with van der Waals surface area (Å²) >= 11 is 0. The highest BCUT2D eigenvalue weighted by atomic mass is 19.1. The quantitative estimate of drug-likeness (QED) is 0.772. The van der Waals surface area contributed by atoms with Crippen molar-refractivity contribution in [3.63, 3.8) is 0 Å². The number of nitrogens with zero attached hydrogens (tertiary/aromatic N) is 1. The predicted octanol–water partition coefficient (Wildman–Crippen LogP) is 4.25. The summed E-state index contributed by atoms with van der Waals surface area (Å²) in [5.41, 5.74) is 2.99. The average molecular weight is 370 g/mol. The average Bonchev–Trinajstić information content (AvgIpc) is 2.60. The maximum atomic E-state index is 13.9. The molecule has 1 heterocycles. The Bertz CT molecular complexity index is 781. The summed E-state index contributed by atoms with van der Waals surface area (Å²) in [4.78, 5) is 14.1. The molecular formula is C22H27FN2O2. The molecule has 144 valence electrons. The normalized spacial score (nSPS) is 20.4. The zero-order chi connectivity index (χ0) is 19.4. The van der Waals surface area contributed by atoms with Gasteiger partial charge < -0.3 is 10.1 Å². The van der Waals surface area contributed by atoms with Gasteiger partial charge in [-0.1, -0.05) is 30.3 Å². The Balaban J connectivity index is 1.60. The van der Waals surface area contributed by atoms with Crippen LogP contribution >= 0.6 is 0 Å². The Morgan fingerprint density at radius 3 is 2.37 bits per heavy atom. The fourth-order valence-corrected chi connectivity index (χ4v) is 3.66. The SMILES string of the molecule is CC(=O)c1c(F)cccc1NCc1ccc(CN2CC(C)OC(C)C2)cc1. The molecule has 2 unspecified atom stereocenters. The van der Waals surface area contributed by atoms with Gasteiger partial charge in [-0.2, -0.15) is 0 Å². The van der Waals surface area contributed by atoms with Crippen LogP contribution in [0.1, 0.15) is 42.3 Å². The maximum Gasteiger partial charge on any atom is 0.164 e. The maximum absolute atomic E-state index is 13.9. The van der Waals surface area contributed by atoms with Crippen LogP contribution in [0.2, 0.25) is 0 Å². The Kier molecular flexibility index (Phi) is 6.24. The monoisotopic (exact) mass is 370 g/mol. The first-order chi connectivity index (χ1) is 12.9. The Morgan fingerprint density at radius 2 is 1.74 bits per heavy atom. The molecule has 2 atom stereocenters. The smallest absolute Gasteiger partial charge is 0.164 e. The summed E-state index contributed by atoms with van der Waals surface area (Å²) in [7, 11) is 0. The van der Waals surface area contributed by atoms with Gasteiger partial charge in [0.05, 0.1) is 17.8 Å². The summed E-state index contributed by atoms with van der Waals surface area (Å²) in [5.74, 6) is -0.767. The van der Waals surface area contributed by atoms with Crippen molar-refractivity contribution in [1.82, 2.24) is 4.90 Å². The standard InChI is InChI=1S/C22H27FN2O2/c1-15-12-25(13-16(2)27-15)14-19-9-7-18(8-10-19)11-24-21-6-4-5-20(23)22(21)17(3)26/h4-10,15-16,24H,11-14H2,1-3H3. The van der Waals surface area contributed by atoms with E-state index in [1.807, 2.05) is 0 Å². The first kappa shape index (κ1) is 19.5. The molecule has 0 aliphatic carbocycles. The molecule has 4 nitrogen and oxygen atoms in total. The third-order valence-electron chi connectivity index (χ3n) is 4.77. The van der Waals surface area contributed by atoms with Crippen LogP contribution in [0, 0.1) is 5.82 Å². The van der Waals surface area contributed by atoms with Crippen molar-refractivity contribution in [3.8, 4) is 0 Å². The molecule has 1 N–H and O–H groups in total. The van der Waals surface area contributed by atoms with Crippen LogP contribution < -0.4 is 5.32 Å². The predicted molar refractivity (Wildman–Crippen MR) is 105 cm³/mol. The number of carbonyl (C=O) groups is 1. The summed E-state index contributed by atoms with van der Waals surface area (Å²) < 4.78 is 19.7. The van der Waals surface area contributed by atoms with E-state index in [4.69, 9.17) is 4.74 Å². The van der Waals surface area contributed by atoms with E-state index in [0.29, 0.717) is 12.2 Å². The number of ketones is 1. The molecule has 5 heteroatoms. The van der Waals surface area contributed by atoms with Gasteiger partial charge in [0, 0.05) is 31.9 Å². The van der Waals surface area contributed by atoms with Crippen LogP contribution in [-0.2, 0) is 17.8 Å². The fraction of sp³-hybridized carbons (Fsp3) is 0.409. The minimum Gasteiger partial charge on any atom is -0.380 e. The number of benzene rings is 2. The van der Waals surface area contributed by atoms with Crippen molar-refractivity contribution < 1.29 is 13.9 Å². The molecule has 1 aliphatic heterocycles. The number of hydrogen-bond donors (Lipinski definition) is 1. The van der Waals surface area contributed by atoms with Gasteiger partial charge in [-0.05, 0) is 44.0 Å². The molecule has 0 aromatic heterocycles. The lowest BCUT2D eigenvalue weighted by Gasteiger charge is -2.35. The lowest BCUT2D eigenvalue weighted by molar-refractivity contribution is -0.0704. The van der Waals surface area contributed by atoms with Crippen LogP contribution in [0.25, 0.3) is 0 Å². The number of carbonyl (C=O) groups excluding carboxylic acids is 1. The van der Waals surface area contributed by atoms with E-state index in [1.165, 1.54) is 18.6 Å². The van der Waals surface area contributed by atoms with E-state index in [0.717, 1.165) is 25.2 Å². The van der Waals surface area contributed by atoms with Gasteiger partial charge in [0.1, 0.15) is 5.82 Å². The molecule has 3 rings (SSSR count). The number of halogens is 1. The molecule has 1 saturated heterocycles. The van der Waals surface area contributed by atoms with Crippen molar-refractivity contribution >= 4 is 11.5 Å². The number of Topliss-reactive ketones (excluding diaryl/α,β-unsaturated/α-hetero) is 1. The van der Waals surface area contributed by atoms with Gasteiger partial charge in [0.2, 0.25) is 0 Å². The van der Waals surface area contributed by atoms with Crippen molar-refractivity contribution in [1.29, 1.82) is 0 Å². The lowest BCUT2D eigenvalue weighted by atomic mass is 10.1. The van der Waals surface area contributed by atoms with E-state index in [2.05, 4.69) is 48.3 Å². The van der Waals surface area contributed by atoms with E-state index >= 15 is 0 Å². The Hall–Kier alpha value is -2.24. The molecule has 27 heavy (non-hydrogen) atoms. The molecule has 0 saturated carbocycles. The summed E-state index contributed by atoms with van der Waals surface area (Å²) in [6.07, 6.45) is 0.526. The largest absolute Gasteiger partial charge is 0.380 e. The van der Waals surface area contributed by atoms with Crippen molar-refractivity contribution in [3.05, 3.63) is 65.0 Å². The van der Waals surface area contributed by atoms with Crippen LogP contribution in [0.4, 0.5) is 10.1 Å². The summed E-state index contributed by atoms with van der Waals surface area (Å²) in [6.45, 7) is 8.94. The first-order valence-corrected chi connectivity index (χ1v) is 9.41. The highest BCUT2D eigenvalue weighted by Crippen LogP contribution is 2.21. The molecule has 0 spiro atoms. The van der Waals surface area contributed by atoms with Crippen LogP contribution in [0.5, 0.6) is 0 Å². The van der Waals surface area contributed by atoms with E-state index < -0.39 is 5.82 Å². The second-order valence-corrected chi connectivity index (χ2v) is 7.34. The zero-order valence-electron chi connectivity index (χ0n) is 16.2. The zero-order valence-corrected chi connectivity index (χ0v) is 16.2. The number of ether oxygens (including phenoxy) is 1. The van der Waals surface area contributed by atoms with E-state index in [9.17, 15) is 9.18 Å². The number of morpholine rings is 1. The number of rotatable bonds is 6. The minimum absolute atomic E-state index is 0.115. The van der Waals surface area contributed by atoms with Crippen LogP contribution in [-0.4, -0.2) is 36.0 Å². The highest BCUT2D eigenvalue weighted by Gasteiger charge is 2.21. The van der Waals surface area contributed by atoms with Gasteiger partial charge in [-0.3, -0.25) is 9.69 Å². The van der Waals surface area contributed by atoms with Crippen molar-refractivity contribution in [2.75, 3.05) is 18.4 Å². The summed E-state index contributed by atoms with van der Waals surface area (Å²) in [6, 6.07) is 13.0. The van der Waals surface area contributed by atoms with E-state index in [1.54, 1.807) is 12.1 Å². The molecule has 1 fully saturated rings. The first-order valence-electron chi connectivity index (χ1n) is 9.41. The van der Waals surface area contributed by atoms with Crippen molar-refractivity contribution in [2.24, 2.45) is 0 Å². The van der Waals surface area contributed by atoms with Gasteiger partial charge in [0.15, 0.2) is 5.78 Å². The molecular weight excluding hydrogens is 343 g/mol. The molecule has 2 aromatic rings. The van der Waals surface area contributed by atoms with Gasteiger partial charge in [-0.25, -0.2) is 4.39 Å². The fourth-order valence-electron chi connectivity index (χ4n) is 3.66. The second-order valence-electron chi connectivity index (χ2n) is 7.34. The molecule has 0 bridgehead atoms.